The topological polar surface area (TPSA) is 51.9 Å². The highest BCUT2D eigenvalue weighted by Gasteiger charge is 2.14. The molecule has 2 aromatic heterocycles. The Morgan fingerprint density at radius 1 is 1.50 bits per heavy atom. The molecular weight excluding hydrogens is 320 g/mol. The van der Waals surface area contributed by atoms with Gasteiger partial charge in [-0.2, -0.15) is 5.10 Å². The van der Waals surface area contributed by atoms with E-state index in [9.17, 15) is 4.79 Å². The lowest BCUT2D eigenvalue weighted by Crippen LogP contribution is -2.27. The van der Waals surface area contributed by atoms with Crippen molar-refractivity contribution in [3.05, 3.63) is 40.9 Å². The summed E-state index contributed by atoms with van der Waals surface area (Å²) < 4.78 is 4.75. The third kappa shape index (κ3) is 3.72. The largest absolute Gasteiger partial charge is 0.351 e. The summed E-state index contributed by atoms with van der Waals surface area (Å²) in [5.74, 6) is -0.0372. The number of aromatic nitrogens is 3. The number of nitrogens with zero attached hydrogens (tertiary/aromatic N) is 3. The van der Waals surface area contributed by atoms with Gasteiger partial charge in [0.15, 0.2) is 0 Å². The molecule has 0 aliphatic heterocycles. The highest BCUT2D eigenvalue weighted by molar-refractivity contribution is 9.10. The predicted molar refractivity (Wildman–Crippen MR) is 81.7 cm³/mol. The molecule has 5 nitrogen and oxygen atoms in total. The molecule has 20 heavy (non-hydrogen) atoms. The normalized spacial score (nSPS) is 11.0. The van der Waals surface area contributed by atoms with Crippen molar-refractivity contribution in [1.82, 2.24) is 19.7 Å². The van der Waals surface area contributed by atoms with Gasteiger partial charge >= 0.3 is 0 Å². The molecule has 2 rings (SSSR count). The number of rotatable bonds is 6. The zero-order valence-electron chi connectivity index (χ0n) is 11.7. The van der Waals surface area contributed by atoms with E-state index in [0.717, 1.165) is 17.4 Å². The first kappa shape index (κ1) is 14.8. The molecule has 2 aromatic rings. The molecule has 0 saturated heterocycles. The molecule has 0 atom stereocenters. The van der Waals surface area contributed by atoms with Crippen LogP contribution in [0.3, 0.4) is 0 Å². The first-order chi connectivity index (χ1) is 9.58. The summed E-state index contributed by atoms with van der Waals surface area (Å²) in [6.07, 6.45) is 6.47. The Morgan fingerprint density at radius 3 is 2.95 bits per heavy atom. The zero-order valence-corrected chi connectivity index (χ0v) is 13.3. The van der Waals surface area contributed by atoms with Crippen LogP contribution in [0.1, 0.15) is 36.8 Å². The van der Waals surface area contributed by atoms with Crippen LogP contribution in [0.15, 0.2) is 35.2 Å². The van der Waals surface area contributed by atoms with Crippen LogP contribution in [-0.4, -0.2) is 26.8 Å². The second-order valence-electron chi connectivity index (χ2n) is 4.92. The molecule has 0 radical (unpaired) electrons. The fourth-order valence-corrected chi connectivity index (χ4v) is 2.46. The van der Waals surface area contributed by atoms with E-state index in [4.69, 9.17) is 0 Å². The SMILES string of the molecule is CC(C)n1cc(Br)cc1C(=O)NCCCn1cccn1. The smallest absolute Gasteiger partial charge is 0.267 e. The maximum absolute atomic E-state index is 12.2. The van der Waals surface area contributed by atoms with E-state index in [1.54, 1.807) is 6.20 Å². The maximum Gasteiger partial charge on any atom is 0.267 e. The Bertz CT molecular complexity index is 560. The van der Waals surface area contributed by atoms with E-state index in [0.29, 0.717) is 12.2 Å². The van der Waals surface area contributed by atoms with Crippen molar-refractivity contribution < 1.29 is 4.79 Å². The zero-order chi connectivity index (χ0) is 14.5. The van der Waals surface area contributed by atoms with Gasteiger partial charge in [-0.15, -0.1) is 0 Å². The summed E-state index contributed by atoms with van der Waals surface area (Å²) in [5.41, 5.74) is 0.686. The fourth-order valence-electron chi connectivity index (χ4n) is 2.02. The number of carbonyl (C=O) groups is 1. The Morgan fingerprint density at radius 2 is 2.30 bits per heavy atom. The highest BCUT2D eigenvalue weighted by Crippen LogP contribution is 2.19. The molecule has 1 amide bonds. The van der Waals surface area contributed by atoms with Crippen LogP contribution in [0.25, 0.3) is 0 Å². The first-order valence-corrected chi connectivity index (χ1v) is 7.50. The number of amides is 1. The van der Waals surface area contributed by atoms with Crippen LogP contribution in [-0.2, 0) is 6.54 Å². The number of carbonyl (C=O) groups excluding carboxylic acids is 1. The molecule has 0 bridgehead atoms. The van der Waals surface area contributed by atoms with Crippen LogP contribution < -0.4 is 5.32 Å². The van der Waals surface area contributed by atoms with Crippen molar-refractivity contribution in [2.75, 3.05) is 6.54 Å². The standard InChI is InChI=1S/C14H19BrN4O/c1-11(2)19-10-12(15)9-13(19)14(20)16-5-3-7-18-8-4-6-17-18/h4,6,8-11H,3,5,7H2,1-2H3,(H,16,20). The minimum absolute atomic E-state index is 0.0372. The van der Waals surface area contributed by atoms with Gasteiger partial charge in [-0.3, -0.25) is 9.48 Å². The average Bonchev–Trinajstić information content (AvgIpc) is 3.03. The van der Waals surface area contributed by atoms with E-state index in [2.05, 4.69) is 40.2 Å². The van der Waals surface area contributed by atoms with Crippen molar-refractivity contribution >= 4 is 21.8 Å². The van der Waals surface area contributed by atoms with Crippen LogP contribution in [0.2, 0.25) is 0 Å². The second kappa shape index (κ2) is 6.74. The van der Waals surface area contributed by atoms with E-state index < -0.39 is 0 Å². The molecule has 1 N–H and O–H groups in total. The van der Waals surface area contributed by atoms with E-state index in [1.165, 1.54) is 0 Å². The summed E-state index contributed by atoms with van der Waals surface area (Å²) in [4.78, 5) is 12.2. The molecule has 0 unspecified atom stereocenters. The fraction of sp³-hybridized carbons (Fsp3) is 0.429. The van der Waals surface area contributed by atoms with Gasteiger partial charge in [0.05, 0.1) is 0 Å². The number of nitrogens with one attached hydrogen (secondary N) is 1. The molecule has 0 aliphatic carbocycles. The van der Waals surface area contributed by atoms with Crippen molar-refractivity contribution in [2.45, 2.75) is 32.9 Å². The third-order valence-electron chi connectivity index (χ3n) is 3.01. The van der Waals surface area contributed by atoms with Gasteiger partial charge < -0.3 is 9.88 Å². The van der Waals surface area contributed by atoms with Gasteiger partial charge in [-0.1, -0.05) is 0 Å². The third-order valence-corrected chi connectivity index (χ3v) is 3.45. The molecule has 0 saturated carbocycles. The van der Waals surface area contributed by atoms with E-state index in [1.807, 2.05) is 33.8 Å². The number of halogens is 1. The average molecular weight is 339 g/mol. The number of aryl methyl sites for hydroxylation is 1. The summed E-state index contributed by atoms with van der Waals surface area (Å²) in [5, 5.41) is 7.07. The Kier molecular flexibility index (Phi) is 5.00. The van der Waals surface area contributed by atoms with E-state index in [-0.39, 0.29) is 11.9 Å². The summed E-state index contributed by atoms with van der Waals surface area (Å²) in [6, 6.07) is 4.00. The Balaban J connectivity index is 1.85. The molecule has 0 aromatic carbocycles. The van der Waals surface area contributed by atoms with Crippen molar-refractivity contribution in [3.63, 3.8) is 0 Å². The van der Waals surface area contributed by atoms with Crippen LogP contribution in [0, 0.1) is 0 Å². The molecule has 108 valence electrons. The van der Waals surface area contributed by atoms with E-state index >= 15 is 0 Å². The Labute approximate surface area is 127 Å². The van der Waals surface area contributed by atoms with Gasteiger partial charge in [0, 0.05) is 42.2 Å². The van der Waals surface area contributed by atoms with Crippen LogP contribution in [0.4, 0.5) is 0 Å². The quantitative estimate of drug-likeness (QED) is 0.823. The number of hydrogen-bond acceptors (Lipinski definition) is 2. The van der Waals surface area contributed by atoms with Gasteiger partial charge in [-0.05, 0) is 48.3 Å². The predicted octanol–water partition coefficient (Wildman–Crippen LogP) is 2.85. The minimum atomic E-state index is -0.0372. The van der Waals surface area contributed by atoms with Gasteiger partial charge in [0.25, 0.3) is 5.91 Å². The molecular formula is C14H19BrN4O. The van der Waals surface area contributed by atoms with Gasteiger partial charge in [-0.25, -0.2) is 0 Å². The lowest BCUT2D eigenvalue weighted by atomic mass is 10.3. The molecule has 6 heteroatoms. The maximum atomic E-state index is 12.2. The van der Waals surface area contributed by atoms with Crippen molar-refractivity contribution in [2.24, 2.45) is 0 Å². The lowest BCUT2D eigenvalue weighted by Gasteiger charge is -2.12. The van der Waals surface area contributed by atoms with Gasteiger partial charge in [0.1, 0.15) is 5.69 Å². The summed E-state index contributed by atoms with van der Waals surface area (Å²) in [6.45, 7) is 5.56. The summed E-state index contributed by atoms with van der Waals surface area (Å²) in [7, 11) is 0. The molecule has 0 aliphatic rings. The molecule has 0 spiro atoms. The molecule has 0 fully saturated rings. The lowest BCUT2D eigenvalue weighted by molar-refractivity contribution is 0.0942. The van der Waals surface area contributed by atoms with Crippen molar-refractivity contribution in [3.8, 4) is 0 Å². The summed E-state index contributed by atoms with van der Waals surface area (Å²) >= 11 is 3.42. The monoisotopic (exact) mass is 338 g/mol. The Hall–Kier alpha value is -1.56. The second-order valence-corrected chi connectivity index (χ2v) is 5.84. The van der Waals surface area contributed by atoms with Gasteiger partial charge in [0.2, 0.25) is 0 Å². The van der Waals surface area contributed by atoms with Crippen LogP contribution in [0.5, 0.6) is 0 Å². The van der Waals surface area contributed by atoms with Crippen LogP contribution >= 0.6 is 15.9 Å². The number of hydrogen-bond donors (Lipinski definition) is 1. The van der Waals surface area contributed by atoms with Crippen molar-refractivity contribution in [1.29, 1.82) is 0 Å². The minimum Gasteiger partial charge on any atom is -0.351 e. The highest BCUT2D eigenvalue weighted by atomic mass is 79.9. The molecule has 2 heterocycles. The first-order valence-electron chi connectivity index (χ1n) is 6.71.